The SMILES string of the molecule is CC(=O)OC[C@H](OC(C)=O)[C@@H](OC(C)=O)c1ccccc1. The lowest BCUT2D eigenvalue weighted by molar-refractivity contribution is -0.173. The van der Waals surface area contributed by atoms with Gasteiger partial charge in [0, 0.05) is 20.8 Å². The largest absolute Gasteiger partial charge is 0.462 e. The third kappa shape index (κ3) is 6.07. The van der Waals surface area contributed by atoms with E-state index < -0.39 is 30.1 Å². The van der Waals surface area contributed by atoms with Gasteiger partial charge in [-0.15, -0.1) is 0 Å². The molecule has 0 fully saturated rings. The number of rotatable bonds is 6. The molecule has 21 heavy (non-hydrogen) atoms. The minimum atomic E-state index is -0.905. The Kier molecular flexibility index (Phi) is 6.39. The second kappa shape index (κ2) is 8.04. The molecule has 0 aliphatic rings. The van der Waals surface area contributed by atoms with Crippen LogP contribution in [-0.4, -0.2) is 30.6 Å². The summed E-state index contributed by atoms with van der Waals surface area (Å²) in [6.07, 6.45) is -1.75. The Labute approximate surface area is 123 Å². The first kappa shape index (κ1) is 16.7. The summed E-state index contributed by atoms with van der Waals surface area (Å²) in [7, 11) is 0. The lowest BCUT2D eigenvalue weighted by Gasteiger charge is -2.26. The smallest absolute Gasteiger partial charge is 0.303 e. The first-order valence-electron chi connectivity index (χ1n) is 6.43. The van der Waals surface area contributed by atoms with E-state index in [9.17, 15) is 14.4 Å². The minimum Gasteiger partial charge on any atom is -0.462 e. The van der Waals surface area contributed by atoms with Crippen molar-refractivity contribution in [3.63, 3.8) is 0 Å². The molecule has 0 aromatic heterocycles. The predicted octanol–water partition coefficient (Wildman–Crippen LogP) is 1.79. The summed E-state index contributed by atoms with van der Waals surface area (Å²) in [6.45, 7) is 3.54. The van der Waals surface area contributed by atoms with E-state index >= 15 is 0 Å². The molecule has 1 rings (SSSR count). The third-order valence-electron chi connectivity index (χ3n) is 2.53. The number of ether oxygens (including phenoxy) is 3. The molecule has 0 N–H and O–H groups in total. The fourth-order valence-electron chi connectivity index (χ4n) is 1.78. The topological polar surface area (TPSA) is 78.9 Å². The van der Waals surface area contributed by atoms with E-state index in [-0.39, 0.29) is 6.61 Å². The van der Waals surface area contributed by atoms with Gasteiger partial charge in [0.1, 0.15) is 6.61 Å². The maximum atomic E-state index is 11.3. The molecule has 0 aliphatic heterocycles. The Morgan fingerprint density at radius 3 is 1.95 bits per heavy atom. The molecule has 0 bridgehead atoms. The predicted molar refractivity (Wildman–Crippen MR) is 73.1 cm³/mol. The number of hydrogen-bond donors (Lipinski definition) is 0. The number of benzene rings is 1. The monoisotopic (exact) mass is 294 g/mol. The van der Waals surface area contributed by atoms with Gasteiger partial charge >= 0.3 is 17.9 Å². The average molecular weight is 294 g/mol. The van der Waals surface area contributed by atoms with Gasteiger partial charge in [0.25, 0.3) is 0 Å². The molecule has 2 atom stereocenters. The molecule has 0 saturated heterocycles. The van der Waals surface area contributed by atoms with Crippen LogP contribution in [0.1, 0.15) is 32.4 Å². The highest BCUT2D eigenvalue weighted by Gasteiger charge is 2.30. The normalized spacial score (nSPS) is 12.9. The molecule has 6 nitrogen and oxygen atoms in total. The van der Waals surface area contributed by atoms with Crippen LogP contribution in [0.15, 0.2) is 30.3 Å². The Balaban J connectivity index is 3.00. The van der Waals surface area contributed by atoms with Crippen molar-refractivity contribution in [3.05, 3.63) is 35.9 Å². The fraction of sp³-hybridized carbons (Fsp3) is 0.400. The van der Waals surface area contributed by atoms with Gasteiger partial charge in [-0.05, 0) is 5.56 Å². The Hall–Kier alpha value is -2.37. The van der Waals surface area contributed by atoms with Crippen LogP contribution in [-0.2, 0) is 28.6 Å². The second-order valence-corrected chi connectivity index (χ2v) is 4.39. The van der Waals surface area contributed by atoms with Crippen LogP contribution in [0, 0.1) is 0 Å². The summed E-state index contributed by atoms with van der Waals surface area (Å²) in [5.74, 6) is -1.59. The van der Waals surface area contributed by atoms with Crippen molar-refractivity contribution >= 4 is 17.9 Å². The lowest BCUT2D eigenvalue weighted by atomic mass is 10.0. The first-order valence-corrected chi connectivity index (χ1v) is 6.43. The molecule has 0 saturated carbocycles. The van der Waals surface area contributed by atoms with Crippen LogP contribution in [0.4, 0.5) is 0 Å². The zero-order valence-corrected chi connectivity index (χ0v) is 12.2. The molecule has 0 spiro atoms. The third-order valence-corrected chi connectivity index (χ3v) is 2.53. The second-order valence-electron chi connectivity index (χ2n) is 4.39. The molecular weight excluding hydrogens is 276 g/mol. The van der Waals surface area contributed by atoms with Crippen LogP contribution < -0.4 is 0 Å². The van der Waals surface area contributed by atoms with Crippen molar-refractivity contribution in [2.45, 2.75) is 33.0 Å². The highest BCUT2D eigenvalue weighted by molar-refractivity contribution is 5.68. The highest BCUT2D eigenvalue weighted by Crippen LogP contribution is 2.24. The maximum Gasteiger partial charge on any atom is 0.303 e. The van der Waals surface area contributed by atoms with Gasteiger partial charge in [-0.3, -0.25) is 14.4 Å². The summed E-state index contributed by atoms with van der Waals surface area (Å²) >= 11 is 0. The summed E-state index contributed by atoms with van der Waals surface area (Å²) in [5.41, 5.74) is 0.645. The highest BCUT2D eigenvalue weighted by atomic mass is 16.6. The summed E-state index contributed by atoms with van der Waals surface area (Å²) in [4.78, 5) is 33.4. The van der Waals surface area contributed by atoms with Crippen molar-refractivity contribution < 1.29 is 28.6 Å². The number of hydrogen-bond acceptors (Lipinski definition) is 6. The Bertz CT molecular complexity index is 496. The van der Waals surface area contributed by atoms with E-state index in [1.807, 2.05) is 0 Å². The van der Waals surface area contributed by atoms with Crippen LogP contribution >= 0.6 is 0 Å². The van der Waals surface area contributed by atoms with Gasteiger partial charge in [-0.1, -0.05) is 30.3 Å². The zero-order chi connectivity index (χ0) is 15.8. The van der Waals surface area contributed by atoms with Crippen molar-refractivity contribution in [1.29, 1.82) is 0 Å². The Morgan fingerprint density at radius 1 is 0.905 bits per heavy atom. The van der Waals surface area contributed by atoms with E-state index in [4.69, 9.17) is 14.2 Å². The van der Waals surface area contributed by atoms with E-state index in [2.05, 4.69) is 0 Å². The molecule has 0 amide bonds. The van der Waals surface area contributed by atoms with Gasteiger partial charge in [0.15, 0.2) is 12.2 Å². The van der Waals surface area contributed by atoms with Gasteiger partial charge in [-0.25, -0.2) is 0 Å². The van der Waals surface area contributed by atoms with Gasteiger partial charge in [0.2, 0.25) is 0 Å². The number of carbonyl (C=O) groups is 3. The van der Waals surface area contributed by atoms with Crippen LogP contribution in [0.5, 0.6) is 0 Å². The van der Waals surface area contributed by atoms with Gasteiger partial charge < -0.3 is 14.2 Å². The average Bonchev–Trinajstić information content (AvgIpc) is 2.41. The van der Waals surface area contributed by atoms with E-state index in [1.54, 1.807) is 30.3 Å². The minimum absolute atomic E-state index is 0.193. The lowest BCUT2D eigenvalue weighted by Crippen LogP contribution is -2.32. The summed E-state index contributed by atoms with van der Waals surface area (Å²) < 4.78 is 15.2. The van der Waals surface area contributed by atoms with Crippen molar-refractivity contribution in [3.8, 4) is 0 Å². The van der Waals surface area contributed by atoms with E-state index in [0.29, 0.717) is 5.56 Å². The van der Waals surface area contributed by atoms with Gasteiger partial charge in [-0.2, -0.15) is 0 Å². The number of carbonyl (C=O) groups excluding carboxylic acids is 3. The van der Waals surface area contributed by atoms with Crippen molar-refractivity contribution in [1.82, 2.24) is 0 Å². The zero-order valence-electron chi connectivity index (χ0n) is 12.2. The molecule has 114 valence electrons. The summed E-state index contributed by atoms with van der Waals surface area (Å²) in [5, 5.41) is 0. The molecule has 0 aliphatic carbocycles. The van der Waals surface area contributed by atoms with Crippen molar-refractivity contribution in [2.75, 3.05) is 6.61 Å². The molecule has 6 heteroatoms. The molecule has 0 radical (unpaired) electrons. The van der Waals surface area contributed by atoms with Crippen LogP contribution in [0.2, 0.25) is 0 Å². The van der Waals surface area contributed by atoms with Crippen molar-refractivity contribution in [2.24, 2.45) is 0 Å². The standard InChI is InChI=1S/C15H18O6/c1-10(16)19-9-14(20-11(2)17)15(21-12(3)18)13-7-5-4-6-8-13/h4-8,14-15H,9H2,1-3H3/t14-,15-/m0/s1. The molecule has 0 unspecified atom stereocenters. The quantitative estimate of drug-likeness (QED) is 0.588. The first-order chi connectivity index (χ1) is 9.90. The van der Waals surface area contributed by atoms with Gasteiger partial charge in [0.05, 0.1) is 0 Å². The van der Waals surface area contributed by atoms with Crippen LogP contribution in [0.3, 0.4) is 0 Å². The Morgan fingerprint density at radius 2 is 1.48 bits per heavy atom. The fourth-order valence-corrected chi connectivity index (χ4v) is 1.78. The molecule has 0 heterocycles. The molecule has 1 aromatic rings. The maximum absolute atomic E-state index is 11.3. The molecular formula is C15H18O6. The molecule has 1 aromatic carbocycles. The summed E-state index contributed by atoms with van der Waals surface area (Å²) in [6, 6.07) is 8.81. The van der Waals surface area contributed by atoms with Crippen LogP contribution in [0.25, 0.3) is 0 Å². The van der Waals surface area contributed by atoms with E-state index in [1.165, 1.54) is 20.8 Å². The number of esters is 3. The van der Waals surface area contributed by atoms with E-state index in [0.717, 1.165) is 0 Å².